The maximum Gasteiger partial charge on any atom is 0.387 e. The molecule has 0 saturated carbocycles. The lowest BCUT2D eigenvalue weighted by molar-refractivity contribution is -0.0505. The van der Waals surface area contributed by atoms with E-state index in [-0.39, 0.29) is 12.3 Å². The number of unbranched alkanes of at least 4 members (excludes halogenated alkanes) is 1. The normalized spacial score (nSPS) is 11.5. The van der Waals surface area contributed by atoms with Crippen LogP contribution in [0.5, 0.6) is 11.5 Å². The fourth-order valence-electron chi connectivity index (χ4n) is 1.89. The number of methoxy groups -OCH3 is 1. The van der Waals surface area contributed by atoms with Crippen LogP contribution in [0.25, 0.3) is 0 Å². The smallest absolute Gasteiger partial charge is 0.387 e. The Morgan fingerprint density at radius 2 is 2.04 bits per heavy atom. The van der Waals surface area contributed by atoms with Crippen molar-refractivity contribution in [2.75, 3.05) is 20.2 Å². The van der Waals surface area contributed by atoms with Crippen LogP contribution in [0.4, 0.5) is 8.78 Å². The van der Waals surface area contributed by atoms with Gasteiger partial charge in [0.25, 0.3) is 0 Å². The van der Waals surface area contributed by atoms with Crippen molar-refractivity contribution in [3.05, 3.63) is 23.8 Å². The zero-order valence-corrected chi connectivity index (χ0v) is 13.9. The molecule has 130 valence electrons. The molecule has 1 rings (SSSR count). The van der Waals surface area contributed by atoms with Gasteiger partial charge in [-0.05, 0) is 25.5 Å². The molecule has 7 heteroatoms. The summed E-state index contributed by atoms with van der Waals surface area (Å²) in [5.41, 5.74) is 0.568. The van der Waals surface area contributed by atoms with Crippen molar-refractivity contribution in [1.29, 1.82) is 0 Å². The van der Waals surface area contributed by atoms with Crippen LogP contribution in [-0.4, -0.2) is 32.8 Å². The van der Waals surface area contributed by atoms with Crippen LogP contribution in [-0.2, 0) is 6.54 Å². The van der Waals surface area contributed by atoms with Gasteiger partial charge in [0.05, 0.1) is 13.7 Å². The number of aliphatic imine (C=N–C) groups is 1. The highest BCUT2D eigenvalue weighted by Gasteiger charge is 2.11. The second-order valence-electron chi connectivity index (χ2n) is 4.83. The van der Waals surface area contributed by atoms with Gasteiger partial charge in [0.1, 0.15) is 11.5 Å². The van der Waals surface area contributed by atoms with Gasteiger partial charge in [0.15, 0.2) is 5.96 Å². The first-order chi connectivity index (χ1) is 11.1. The van der Waals surface area contributed by atoms with Crippen LogP contribution in [0, 0.1) is 0 Å². The molecule has 0 atom stereocenters. The number of ether oxygens (including phenoxy) is 2. The molecule has 0 aliphatic carbocycles. The molecule has 0 radical (unpaired) electrons. The Morgan fingerprint density at radius 1 is 1.26 bits per heavy atom. The molecule has 0 aliphatic heterocycles. The third-order valence-corrected chi connectivity index (χ3v) is 3.06. The Labute approximate surface area is 136 Å². The first kappa shape index (κ1) is 19.0. The SMILES string of the molecule is CCCCNC(=NCc1ccc(OC)cc1OC(F)F)NCC. The number of rotatable bonds is 9. The van der Waals surface area contributed by atoms with E-state index >= 15 is 0 Å². The molecule has 0 aliphatic rings. The average molecular weight is 329 g/mol. The largest absolute Gasteiger partial charge is 0.497 e. The van der Waals surface area contributed by atoms with Crippen LogP contribution in [0.2, 0.25) is 0 Å². The van der Waals surface area contributed by atoms with Crippen LogP contribution in [0.15, 0.2) is 23.2 Å². The zero-order valence-electron chi connectivity index (χ0n) is 13.9. The van der Waals surface area contributed by atoms with E-state index in [1.165, 1.54) is 13.2 Å². The van der Waals surface area contributed by atoms with E-state index in [2.05, 4.69) is 27.3 Å². The fraction of sp³-hybridized carbons (Fsp3) is 0.562. The van der Waals surface area contributed by atoms with Gasteiger partial charge < -0.3 is 20.1 Å². The average Bonchev–Trinajstić information content (AvgIpc) is 2.53. The number of guanidine groups is 1. The van der Waals surface area contributed by atoms with E-state index in [4.69, 9.17) is 4.74 Å². The van der Waals surface area contributed by atoms with Crippen molar-refractivity contribution in [2.24, 2.45) is 4.99 Å². The lowest BCUT2D eigenvalue weighted by Crippen LogP contribution is -2.37. The third kappa shape index (κ3) is 7.17. The molecule has 0 fully saturated rings. The molecule has 1 aromatic rings. The van der Waals surface area contributed by atoms with Gasteiger partial charge in [-0.1, -0.05) is 13.3 Å². The summed E-state index contributed by atoms with van der Waals surface area (Å²) in [7, 11) is 1.47. The second kappa shape index (κ2) is 10.6. The minimum absolute atomic E-state index is 0.0764. The van der Waals surface area contributed by atoms with Gasteiger partial charge in [-0.15, -0.1) is 0 Å². The Morgan fingerprint density at radius 3 is 2.65 bits per heavy atom. The molecule has 0 spiro atoms. The summed E-state index contributed by atoms with van der Waals surface area (Å²) < 4.78 is 34.7. The molecule has 0 saturated heterocycles. The number of alkyl halides is 2. The minimum Gasteiger partial charge on any atom is -0.497 e. The van der Waals surface area contributed by atoms with Crippen molar-refractivity contribution < 1.29 is 18.3 Å². The van der Waals surface area contributed by atoms with E-state index in [9.17, 15) is 8.78 Å². The van der Waals surface area contributed by atoms with Crippen LogP contribution >= 0.6 is 0 Å². The predicted molar refractivity (Wildman–Crippen MR) is 87.4 cm³/mol. The van der Waals surface area contributed by atoms with E-state index in [1.54, 1.807) is 12.1 Å². The summed E-state index contributed by atoms with van der Waals surface area (Å²) in [4.78, 5) is 4.41. The van der Waals surface area contributed by atoms with Gasteiger partial charge in [0, 0.05) is 24.7 Å². The Bertz CT molecular complexity index is 496. The second-order valence-corrected chi connectivity index (χ2v) is 4.83. The minimum atomic E-state index is -2.89. The van der Waals surface area contributed by atoms with Crippen molar-refractivity contribution in [3.8, 4) is 11.5 Å². The van der Waals surface area contributed by atoms with Crippen molar-refractivity contribution >= 4 is 5.96 Å². The maximum atomic E-state index is 12.5. The highest BCUT2D eigenvalue weighted by atomic mass is 19.3. The molecule has 0 bridgehead atoms. The summed E-state index contributed by atoms with van der Waals surface area (Å²) in [6.45, 7) is 2.95. The molecule has 1 aromatic carbocycles. The van der Waals surface area contributed by atoms with Crippen molar-refractivity contribution in [3.63, 3.8) is 0 Å². The topological polar surface area (TPSA) is 54.9 Å². The lowest BCUT2D eigenvalue weighted by Gasteiger charge is -2.13. The first-order valence-corrected chi connectivity index (χ1v) is 7.74. The molecule has 0 aromatic heterocycles. The van der Waals surface area contributed by atoms with Crippen LogP contribution < -0.4 is 20.1 Å². The molecule has 5 nitrogen and oxygen atoms in total. The molecule has 23 heavy (non-hydrogen) atoms. The van der Waals surface area contributed by atoms with Crippen molar-refractivity contribution in [2.45, 2.75) is 39.8 Å². The van der Waals surface area contributed by atoms with Crippen molar-refractivity contribution in [1.82, 2.24) is 10.6 Å². The molecule has 2 N–H and O–H groups in total. The first-order valence-electron chi connectivity index (χ1n) is 7.74. The van der Waals surface area contributed by atoms with E-state index < -0.39 is 6.61 Å². The summed E-state index contributed by atoms with van der Waals surface area (Å²) in [5, 5.41) is 6.32. The summed E-state index contributed by atoms with van der Waals surface area (Å²) in [6, 6.07) is 4.81. The van der Waals surface area contributed by atoms with E-state index in [0.29, 0.717) is 17.3 Å². The number of halogens is 2. The van der Waals surface area contributed by atoms with Gasteiger partial charge in [-0.3, -0.25) is 0 Å². The van der Waals surface area contributed by atoms with E-state index in [0.717, 1.165) is 25.9 Å². The van der Waals surface area contributed by atoms with Crippen LogP contribution in [0.1, 0.15) is 32.3 Å². The summed E-state index contributed by atoms with van der Waals surface area (Å²) >= 11 is 0. The molecule has 0 heterocycles. The number of nitrogens with one attached hydrogen (secondary N) is 2. The number of hydrogen-bond donors (Lipinski definition) is 2. The molecule has 0 amide bonds. The summed E-state index contributed by atoms with van der Waals surface area (Å²) in [5.74, 6) is 1.19. The molecular weight excluding hydrogens is 304 g/mol. The van der Waals surface area contributed by atoms with Gasteiger partial charge in [0.2, 0.25) is 0 Å². The number of benzene rings is 1. The Kier molecular flexibility index (Phi) is 8.79. The highest BCUT2D eigenvalue weighted by Crippen LogP contribution is 2.27. The third-order valence-electron chi connectivity index (χ3n) is 3.06. The standard InChI is InChI=1S/C16H25F2N3O2/c1-4-6-9-20-16(19-5-2)21-11-12-7-8-13(22-3)10-14(12)23-15(17)18/h7-8,10,15H,4-6,9,11H2,1-3H3,(H2,19,20,21). The van der Waals surface area contributed by atoms with Crippen LogP contribution in [0.3, 0.4) is 0 Å². The number of hydrogen-bond acceptors (Lipinski definition) is 3. The van der Waals surface area contributed by atoms with E-state index in [1.807, 2.05) is 6.92 Å². The fourth-order valence-corrected chi connectivity index (χ4v) is 1.89. The molecular formula is C16H25F2N3O2. The Hall–Kier alpha value is -2.05. The zero-order chi connectivity index (χ0) is 17.1. The maximum absolute atomic E-state index is 12.5. The molecule has 0 unspecified atom stereocenters. The van der Waals surface area contributed by atoms with Gasteiger partial charge in [-0.2, -0.15) is 8.78 Å². The monoisotopic (exact) mass is 329 g/mol. The highest BCUT2D eigenvalue weighted by molar-refractivity contribution is 5.79. The lowest BCUT2D eigenvalue weighted by atomic mass is 10.2. The van der Waals surface area contributed by atoms with Gasteiger partial charge in [-0.25, -0.2) is 4.99 Å². The predicted octanol–water partition coefficient (Wildman–Crippen LogP) is 3.15. The Balaban J connectivity index is 2.84. The van der Waals surface area contributed by atoms with Gasteiger partial charge >= 0.3 is 6.61 Å². The summed E-state index contributed by atoms with van der Waals surface area (Å²) in [6.07, 6.45) is 2.12. The quantitative estimate of drug-likeness (QED) is 0.415. The number of nitrogens with zero attached hydrogens (tertiary/aromatic N) is 1.